The van der Waals surface area contributed by atoms with E-state index in [0.717, 1.165) is 10.7 Å². The van der Waals surface area contributed by atoms with E-state index in [4.69, 9.17) is 0 Å². The van der Waals surface area contributed by atoms with E-state index < -0.39 is 0 Å². The lowest BCUT2D eigenvalue weighted by molar-refractivity contribution is -0.117. The highest BCUT2D eigenvalue weighted by atomic mass is 32.1. The second-order valence-corrected chi connectivity index (χ2v) is 7.17. The van der Waals surface area contributed by atoms with Crippen LogP contribution in [0.25, 0.3) is 0 Å². The first-order valence-electron chi connectivity index (χ1n) is 7.72. The Morgan fingerprint density at radius 1 is 1.38 bits per heavy atom. The van der Waals surface area contributed by atoms with Crippen molar-refractivity contribution in [3.8, 4) is 0 Å². The van der Waals surface area contributed by atoms with Gasteiger partial charge >= 0.3 is 0 Å². The number of aryl methyl sites for hydroxylation is 1. The summed E-state index contributed by atoms with van der Waals surface area (Å²) in [5, 5.41) is 15.0. The van der Waals surface area contributed by atoms with Gasteiger partial charge in [-0.05, 0) is 25.0 Å². The Labute approximate surface area is 144 Å². The number of nitrogens with one attached hydrogen (secondary N) is 2. The summed E-state index contributed by atoms with van der Waals surface area (Å²) in [7, 11) is 0. The van der Waals surface area contributed by atoms with Gasteiger partial charge in [-0.15, -0.1) is 10.2 Å². The van der Waals surface area contributed by atoms with Crippen molar-refractivity contribution in [1.29, 1.82) is 0 Å². The van der Waals surface area contributed by atoms with Crippen LogP contribution in [0.2, 0.25) is 0 Å². The molecular weight excluding hydrogens is 326 g/mol. The molecule has 1 unspecified atom stereocenters. The van der Waals surface area contributed by atoms with Gasteiger partial charge in [0.25, 0.3) is 5.91 Å². The van der Waals surface area contributed by atoms with Crippen LogP contribution in [0.1, 0.15) is 29.2 Å². The maximum atomic E-state index is 12.8. The summed E-state index contributed by atoms with van der Waals surface area (Å²) in [4.78, 5) is 26.7. The Kier molecular flexibility index (Phi) is 4.48. The summed E-state index contributed by atoms with van der Waals surface area (Å²) in [5.41, 5.74) is 1.38. The number of para-hydroxylation sites is 1. The van der Waals surface area contributed by atoms with Crippen molar-refractivity contribution < 1.29 is 9.59 Å². The van der Waals surface area contributed by atoms with Gasteiger partial charge in [-0.3, -0.25) is 14.9 Å². The molecule has 0 fully saturated rings. The first kappa shape index (κ1) is 16.4. The molecule has 0 radical (unpaired) electrons. The Morgan fingerprint density at radius 3 is 2.79 bits per heavy atom. The zero-order valence-corrected chi connectivity index (χ0v) is 14.6. The Bertz CT molecular complexity index is 773. The topological polar surface area (TPSA) is 87.2 Å². The summed E-state index contributed by atoms with van der Waals surface area (Å²) < 4.78 is 0. The van der Waals surface area contributed by atoms with Crippen LogP contribution in [-0.4, -0.2) is 39.6 Å². The predicted octanol–water partition coefficient (Wildman–Crippen LogP) is 2.34. The van der Waals surface area contributed by atoms with Crippen LogP contribution in [0.5, 0.6) is 0 Å². The third-order valence-corrected chi connectivity index (χ3v) is 4.53. The largest absolute Gasteiger partial charge is 0.364 e. The number of hydrogen-bond donors (Lipinski definition) is 2. The van der Waals surface area contributed by atoms with E-state index in [9.17, 15) is 9.59 Å². The third-order valence-electron chi connectivity index (χ3n) is 3.78. The smallest absolute Gasteiger partial charge is 0.258 e. The molecule has 0 aliphatic carbocycles. The summed E-state index contributed by atoms with van der Waals surface area (Å²) in [6, 6.07) is 7.34. The molecule has 1 aromatic carbocycles. The molecule has 1 atom stereocenters. The predicted molar refractivity (Wildman–Crippen MR) is 93.0 cm³/mol. The molecule has 8 heteroatoms. The second kappa shape index (κ2) is 6.56. The second-order valence-electron chi connectivity index (χ2n) is 5.99. The van der Waals surface area contributed by atoms with E-state index in [-0.39, 0.29) is 30.4 Å². The number of aromatic nitrogens is 2. The van der Waals surface area contributed by atoms with Gasteiger partial charge in [0, 0.05) is 5.69 Å². The molecule has 24 heavy (non-hydrogen) atoms. The molecule has 126 valence electrons. The van der Waals surface area contributed by atoms with Crippen molar-refractivity contribution in [3.05, 3.63) is 34.8 Å². The fourth-order valence-electron chi connectivity index (χ4n) is 2.67. The first-order chi connectivity index (χ1) is 11.5. The molecule has 2 aromatic rings. The minimum absolute atomic E-state index is 0.0400. The van der Waals surface area contributed by atoms with Crippen LogP contribution >= 0.6 is 11.3 Å². The molecule has 7 nitrogen and oxygen atoms in total. The lowest BCUT2D eigenvalue weighted by Crippen LogP contribution is -2.53. The van der Waals surface area contributed by atoms with Crippen LogP contribution in [0.3, 0.4) is 0 Å². The average molecular weight is 345 g/mol. The van der Waals surface area contributed by atoms with Crippen molar-refractivity contribution in [1.82, 2.24) is 15.1 Å². The highest BCUT2D eigenvalue weighted by molar-refractivity contribution is 7.15. The zero-order valence-electron chi connectivity index (χ0n) is 13.7. The van der Waals surface area contributed by atoms with Gasteiger partial charge < -0.3 is 10.2 Å². The number of carbonyl (C=O) groups is 2. The normalized spacial score (nSPS) is 16.8. The average Bonchev–Trinajstić information content (AvgIpc) is 2.94. The highest BCUT2D eigenvalue weighted by Crippen LogP contribution is 2.28. The van der Waals surface area contributed by atoms with E-state index in [2.05, 4.69) is 20.8 Å². The van der Waals surface area contributed by atoms with Crippen LogP contribution in [0.15, 0.2) is 24.3 Å². The Hall–Kier alpha value is -2.48. The molecule has 0 saturated heterocycles. The van der Waals surface area contributed by atoms with E-state index in [0.29, 0.717) is 10.7 Å². The van der Waals surface area contributed by atoms with Gasteiger partial charge in [0.1, 0.15) is 17.7 Å². The van der Waals surface area contributed by atoms with Crippen LogP contribution in [0.4, 0.5) is 10.8 Å². The highest BCUT2D eigenvalue weighted by Gasteiger charge is 2.34. The first-order valence-corrected chi connectivity index (χ1v) is 8.54. The number of benzene rings is 1. The maximum Gasteiger partial charge on any atom is 0.258 e. The lowest BCUT2D eigenvalue weighted by Gasteiger charge is -2.39. The van der Waals surface area contributed by atoms with E-state index in [1.54, 1.807) is 11.0 Å². The van der Waals surface area contributed by atoms with E-state index >= 15 is 0 Å². The molecule has 1 aromatic heterocycles. The van der Waals surface area contributed by atoms with Crippen LogP contribution in [0, 0.1) is 12.8 Å². The summed E-state index contributed by atoms with van der Waals surface area (Å²) in [5.74, 6) is -0.281. The maximum absolute atomic E-state index is 12.8. The molecule has 2 N–H and O–H groups in total. The standard InChI is InChI=1S/C16H19N5O2S/c1-9(2)14-17-12-7-5-4-6-11(12)15(23)21(14)8-13(22)18-16-20-19-10(3)24-16/h4-7,9,14,17H,8H2,1-3H3,(H,18,20,22). The van der Waals surface area contributed by atoms with Gasteiger partial charge in [-0.25, -0.2) is 0 Å². The van der Waals surface area contributed by atoms with Gasteiger partial charge in [-0.2, -0.15) is 0 Å². The monoisotopic (exact) mass is 345 g/mol. The number of anilines is 2. The van der Waals surface area contributed by atoms with E-state index in [1.807, 2.05) is 39.0 Å². The van der Waals surface area contributed by atoms with Crippen LogP contribution < -0.4 is 10.6 Å². The zero-order chi connectivity index (χ0) is 17.3. The number of amides is 2. The van der Waals surface area contributed by atoms with Gasteiger partial charge in [0.2, 0.25) is 11.0 Å². The molecule has 0 saturated carbocycles. The molecule has 1 aliphatic heterocycles. The fourth-order valence-corrected chi connectivity index (χ4v) is 3.28. The SMILES string of the molecule is Cc1nnc(NC(=O)CN2C(=O)c3ccccc3NC2C(C)C)s1. The fraction of sp³-hybridized carbons (Fsp3) is 0.375. The van der Waals surface area contributed by atoms with Crippen molar-refractivity contribution in [3.63, 3.8) is 0 Å². The lowest BCUT2D eigenvalue weighted by atomic mass is 10.0. The van der Waals surface area contributed by atoms with Gasteiger partial charge in [0.05, 0.1) is 5.56 Å². The van der Waals surface area contributed by atoms with Gasteiger partial charge in [-0.1, -0.05) is 37.3 Å². The number of fused-ring (bicyclic) bond motifs is 1. The van der Waals surface area contributed by atoms with E-state index in [1.165, 1.54) is 11.3 Å². The number of nitrogens with zero attached hydrogens (tertiary/aromatic N) is 3. The number of carbonyl (C=O) groups excluding carboxylic acids is 2. The Balaban J connectivity index is 1.79. The number of hydrogen-bond acceptors (Lipinski definition) is 6. The summed E-state index contributed by atoms with van der Waals surface area (Å²) >= 11 is 1.30. The van der Waals surface area contributed by atoms with Crippen molar-refractivity contribution in [2.75, 3.05) is 17.2 Å². The molecule has 3 rings (SSSR count). The molecule has 0 bridgehead atoms. The van der Waals surface area contributed by atoms with Crippen LogP contribution in [-0.2, 0) is 4.79 Å². The number of rotatable bonds is 4. The minimum Gasteiger partial charge on any atom is -0.364 e. The Morgan fingerprint density at radius 2 is 2.12 bits per heavy atom. The molecular formula is C16H19N5O2S. The molecule has 0 spiro atoms. The molecule has 1 aliphatic rings. The minimum atomic E-state index is -0.286. The van der Waals surface area contributed by atoms with Crippen molar-refractivity contribution >= 4 is 34.0 Å². The molecule has 2 amide bonds. The summed E-state index contributed by atoms with van der Waals surface area (Å²) in [6.07, 6.45) is -0.241. The van der Waals surface area contributed by atoms with Crippen molar-refractivity contribution in [2.45, 2.75) is 26.9 Å². The summed E-state index contributed by atoms with van der Waals surface area (Å²) in [6.45, 7) is 5.80. The molecule has 2 heterocycles. The van der Waals surface area contributed by atoms with Gasteiger partial charge in [0.15, 0.2) is 0 Å². The quantitative estimate of drug-likeness (QED) is 0.888. The third kappa shape index (κ3) is 3.23. The van der Waals surface area contributed by atoms with Crippen molar-refractivity contribution in [2.24, 2.45) is 5.92 Å².